The molecule has 0 unspecified atom stereocenters. The molecule has 0 atom stereocenters. The average molecular weight is 322 g/mol. The predicted molar refractivity (Wildman–Crippen MR) is 81.4 cm³/mol. The van der Waals surface area contributed by atoms with Crippen LogP contribution in [0.2, 0.25) is 0 Å². The molecule has 19 heavy (non-hydrogen) atoms. The van der Waals surface area contributed by atoms with E-state index in [0.29, 0.717) is 11.8 Å². The fourth-order valence-corrected chi connectivity index (χ4v) is 3.71. The smallest absolute Gasteiger partial charge is 0.227 e. The maximum absolute atomic E-state index is 12.5. The number of amides is 1. The van der Waals surface area contributed by atoms with E-state index in [4.69, 9.17) is 0 Å². The second-order valence-corrected chi connectivity index (χ2v) is 6.69. The molecule has 1 aliphatic carbocycles. The number of rotatable bonds is 2. The van der Waals surface area contributed by atoms with Crippen molar-refractivity contribution >= 4 is 27.5 Å². The van der Waals surface area contributed by atoms with Gasteiger partial charge in [-0.25, -0.2) is 0 Å². The molecular weight excluding hydrogens is 302 g/mol. The van der Waals surface area contributed by atoms with E-state index in [2.05, 4.69) is 34.1 Å². The number of nitrogens with zero attached hydrogens (tertiary/aromatic N) is 1. The van der Waals surface area contributed by atoms with Gasteiger partial charge in [-0.05, 0) is 42.9 Å². The topological polar surface area (TPSA) is 20.3 Å². The summed E-state index contributed by atoms with van der Waals surface area (Å²) in [6.07, 6.45) is 8.19. The molecule has 0 aromatic heterocycles. The van der Waals surface area contributed by atoms with Gasteiger partial charge in [0.1, 0.15) is 0 Å². The normalized spacial score (nSPS) is 19.5. The van der Waals surface area contributed by atoms with Gasteiger partial charge in [0, 0.05) is 23.1 Å². The SMILES string of the molecule is O=C(CC1CCCCC1)N1CCc2ccc(Br)cc21. The molecule has 3 heteroatoms. The van der Waals surface area contributed by atoms with E-state index in [1.54, 1.807) is 0 Å². The lowest BCUT2D eigenvalue weighted by atomic mass is 9.86. The van der Waals surface area contributed by atoms with Crippen LogP contribution in [0.25, 0.3) is 0 Å². The zero-order valence-electron chi connectivity index (χ0n) is 11.2. The van der Waals surface area contributed by atoms with E-state index in [0.717, 1.165) is 29.5 Å². The Morgan fingerprint density at radius 1 is 1.26 bits per heavy atom. The van der Waals surface area contributed by atoms with Gasteiger partial charge in [-0.15, -0.1) is 0 Å². The summed E-state index contributed by atoms with van der Waals surface area (Å²) in [4.78, 5) is 14.5. The average Bonchev–Trinajstić information content (AvgIpc) is 2.82. The van der Waals surface area contributed by atoms with Crippen LogP contribution in [-0.4, -0.2) is 12.5 Å². The van der Waals surface area contributed by atoms with Gasteiger partial charge >= 0.3 is 0 Å². The number of carbonyl (C=O) groups is 1. The zero-order valence-corrected chi connectivity index (χ0v) is 12.8. The third-order valence-electron chi connectivity index (χ3n) is 4.43. The van der Waals surface area contributed by atoms with Gasteiger partial charge in [0.25, 0.3) is 0 Å². The van der Waals surface area contributed by atoms with Crippen LogP contribution in [0.4, 0.5) is 5.69 Å². The molecule has 0 spiro atoms. The molecule has 0 bridgehead atoms. The summed E-state index contributed by atoms with van der Waals surface area (Å²) < 4.78 is 1.06. The van der Waals surface area contributed by atoms with Crippen molar-refractivity contribution in [3.05, 3.63) is 28.2 Å². The largest absolute Gasteiger partial charge is 0.312 e. The Morgan fingerprint density at radius 2 is 2.05 bits per heavy atom. The summed E-state index contributed by atoms with van der Waals surface area (Å²) in [6.45, 7) is 0.858. The van der Waals surface area contributed by atoms with Crippen LogP contribution < -0.4 is 4.90 Å². The van der Waals surface area contributed by atoms with Crippen LogP contribution in [0.15, 0.2) is 22.7 Å². The molecule has 1 aromatic rings. The first-order chi connectivity index (χ1) is 9.24. The second kappa shape index (κ2) is 5.66. The van der Waals surface area contributed by atoms with Crippen LogP contribution in [0, 0.1) is 5.92 Å². The maximum Gasteiger partial charge on any atom is 0.227 e. The van der Waals surface area contributed by atoms with Crippen molar-refractivity contribution in [2.24, 2.45) is 5.92 Å². The predicted octanol–water partition coefficient (Wildman–Crippen LogP) is 4.31. The van der Waals surface area contributed by atoms with Gasteiger partial charge in [-0.2, -0.15) is 0 Å². The highest BCUT2D eigenvalue weighted by molar-refractivity contribution is 9.10. The van der Waals surface area contributed by atoms with Gasteiger partial charge in [-0.3, -0.25) is 4.79 Å². The minimum atomic E-state index is 0.323. The Morgan fingerprint density at radius 3 is 2.84 bits per heavy atom. The summed E-state index contributed by atoms with van der Waals surface area (Å²) in [6, 6.07) is 6.28. The number of anilines is 1. The number of benzene rings is 1. The first kappa shape index (κ1) is 13.2. The first-order valence-corrected chi connectivity index (χ1v) is 8.12. The lowest BCUT2D eigenvalue weighted by molar-refractivity contribution is -0.119. The van der Waals surface area contributed by atoms with Crippen LogP contribution in [-0.2, 0) is 11.2 Å². The summed E-state index contributed by atoms with van der Waals surface area (Å²) in [7, 11) is 0. The molecule has 1 aromatic carbocycles. The van der Waals surface area contributed by atoms with Crippen molar-refractivity contribution in [2.75, 3.05) is 11.4 Å². The number of halogens is 1. The van der Waals surface area contributed by atoms with E-state index in [1.807, 2.05) is 4.90 Å². The van der Waals surface area contributed by atoms with E-state index in [1.165, 1.54) is 37.7 Å². The molecule has 1 amide bonds. The Balaban J connectivity index is 1.70. The third kappa shape index (κ3) is 2.86. The van der Waals surface area contributed by atoms with Crippen molar-refractivity contribution in [1.82, 2.24) is 0 Å². The van der Waals surface area contributed by atoms with Crippen molar-refractivity contribution in [1.29, 1.82) is 0 Å². The number of hydrogen-bond donors (Lipinski definition) is 0. The standard InChI is InChI=1S/C16H20BrNO/c17-14-7-6-13-8-9-18(15(13)11-14)16(19)10-12-4-2-1-3-5-12/h6-7,11-12H,1-5,8-10H2. The fraction of sp³-hybridized carbons (Fsp3) is 0.562. The number of carbonyl (C=O) groups excluding carboxylic acids is 1. The molecule has 2 aliphatic rings. The monoisotopic (exact) mass is 321 g/mol. The van der Waals surface area contributed by atoms with Gasteiger partial charge in [0.15, 0.2) is 0 Å². The van der Waals surface area contributed by atoms with Gasteiger partial charge < -0.3 is 4.90 Å². The van der Waals surface area contributed by atoms with Crippen molar-refractivity contribution in [3.63, 3.8) is 0 Å². The third-order valence-corrected chi connectivity index (χ3v) is 4.93. The van der Waals surface area contributed by atoms with Gasteiger partial charge in [-0.1, -0.05) is 41.3 Å². The summed E-state index contributed by atoms with van der Waals surface area (Å²) in [5.41, 5.74) is 2.43. The van der Waals surface area contributed by atoms with Gasteiger partial charge in [0.2, 0.25) is 5.91 Å². The number of fused-ring (bicyclic) bond motifs is 1. The minimum Gasteiger partial charge on any atom is -0.312 e. The van der Waals surface area contributed by atoms with Crippen LogP contribution >= 0.6 is 15.9 Å². The molecule has 1 saturated carbocycles. The Hall–Kier alpha value is -0.830. The molecule has 1 fully saturated rings. The Kier molecular flexibility index (Phi) is 3.92. The van der Waals surface area contributed by atoms with Crippen LogP contribution in [0.1, 0.15) is 44.1 Å². The zero-order chi connectivity index (χ0) is 13.2. The Bertz CT molecular complexity index is 480. The summed E-state index contributed by atoms with van der Waals surface area (Å²) >= 11 is 3.50. The molecule has 0 saturated heterocycles. The lowest BCUT2D eigenvalue weighted by Gasteiger charge is -2.24. The molecule has 0 N–H and O–H groups in total. The van der Waals surface area contributed by atoms with Crippen molar-refractivity contribution < 1.29 is 4.79 Å². The Labute approximate surface area is 123 Å². The fourth-order valence-electron chi connectivity index (χ4n) is 3.36. The highest BCUT2D eigenvalue weighted by Gasteiger charge is 2.27. The van der Waals surface area contributed by atoms with E-state index < -0.39 is 0 Å². The van der Waals surface area contributed by atoms with Crippen LogP contribution in [0.3, 0.4) is 0 Å². The number of hydrogen-bond acceptors (Lipinski definition) is 1. The maximum atomic E-state index is 12.5. The molecule has 0 radical (unpaired) electrons. The lowest BCUT2D eigenvalue weighted by Crippen LogP contribution is -2.31. The molecule has 3 rings (SSSR count). The first-order valence-electron chi connectivity index (χ1n) is 7.33. The van der Waals surface area contributed by atoms with Gasteiger partial charge in [0.05, 0.1) is 0 Å². The van der Waals surface area contributed by atoms with Crippen molar-refractivity contribution in [2.45, 2.75) is 44.9 Å². The molecular formula is C16H20BrNO. The summed E-state index contributed by atoms with van der Waals surface area (Å²) in [5, 5.41) is 0. The van der Waals surface area contributed by atoms with E-state index >= 15 is 0 Å². The second-order valence-electron chi connectivity index (χ2n) is 5.78. The van der Waals surface area contributed by atoms with Crippen LogP contribution in [0.5, 0.6) is 0 Å². The molecule has 2 nitrogen and oxygen atoms in total. The highest BCUT2D eigenvalue weighted by Crippen LogP contribution is 2.33. The minimum absolute atomic E-state index is 0.323. The molecule has 1 aliphatic heterocycles. The molecule has 102 valence electrons. The highest BCUT2D eigenvalue weighted by atomic mass is 79.9. The summed E-state index contributed by atoms with van der Waals surface area (Å²) in [5.74, 6) is 0.946. The van der Waals surface area contributed by atoms with E-state index in [9.17, 15) is 4.79 Å². The molecule has 1 heterocycles. The van der Waals surface area contributed by atoms with Crippen molar-refractivity contribution in [3.8, 4) is 0 Å². The quantitative estimate of drug-likeness (QED) is 0.794. The van der Waals surface area contributed by atoms with E-state index in [-0.39, 0.29) is 0 Å².